The van der Waals surface area contributed by atoms with E-state index in [0.29, 0.717) is 6.61 Å². The van der Waals surface area contributed by atoms with Crippen molar-refractivity contribution < 1.29 is 4.74 Å². The Hall–Kier alpha value is -0.870. The van der Waals surface area contributed by atoms with Crippen molar-refractivity contribution >= 4 is 39.7 Å². The number of fused-ring (bicyclic) bond motifs is 1. The molecule has 14 heavy (non-hydrogen) atoms. The Labute approximate surface area is 92.1 Å². The summed E-state index contributed by atoms with van der Waals surface area (Å²) in [7, 11) is 0. The second kappa shape index (κ2) is 3.71. The van der Waals surface area contributed by atoms with Gasteiger partial charge in [0.05, 0.1) is 6.61 Å². The second-order valence-electron chi connectivity index (χ2n) is 2.94. The van der Waals surface area contributed by atoms with Gasteiger partial charge in [0.1, 0.15) is 5.75 Å². The Morgan fingerprint density at radius 1 is 1.50 bits per heavy atom. The molecule has 0 radical (unpaired) electrons. The van der Waals surface area contributed by atoms with Gasteiger partial charge < -0.3 is 10.5 Å². The highest BCUT2D eigenvalue weighted by molar-refractivity contribution is 7.80. The van der Waals surface area contributed by atoms with Gasteiger partial charge in [0.2, 0.25) is 0 Å². The van der Waals surface area contributed by atoms with Crippen LogP contribution in [-0.4, -0.2) is 6.61 Å². The molecule has 0 aliphatic heterocycles. The molecule has 1 heterocycles. The Morgan fingerprint density at radius 3 is 3.00 bits per heavy atom. The van der Waals surface area contributed by atoms with Gasteiger partial charge in [-0.25, -0.2) is 0 Å². The maximum absolute atomic E-state index is 5.91. The van der Waals surface area contributed by atoms with Crippen LogP contribution >= 0.6 is 24.0 Å². The van der Waals surface area contributed by atoms with Crippen LogP contribution in [-0.2, 0) is 0 Å². The zero-order valence-electron chi connectivity index (χ0n) is 7.78. The molecule has 1 aromatic carbocycles. The largest absolute Gasteiger partial charge is 0.494 e. The highest BCUT2D eigenvalue weighted by atomic mass is 32.1. The molecule has 2 N–H and O–H groups in total. The number of nitrogens with two attached hydrogens (primary N) is 1. The average molecular weight is 225 g/mol. The van der Waals surface area contributed by atoms with Crippen molar-refractivity contribution in [1.29, 1.82) is 0 Å². The first kappa shape index (κ1) is 9.68. The van der Waals surface area contributed by atoms with Crippen molar-refractivity contribution in [3.8, 4) is 5.75 Å². The normalized spacial score (nSPS) is 10.7. The maximum Gasteiger partial charge on any atom is 0.122 e. The van der Waals surface area contributed by atoms with Crippen molar-refractivity contribution in [3.05, 3.63) is 17.5 Å². The van der Waals surface area contributed by atoms with Gasteiger partial charge in [-0.3, -0.25) is 0 Å². The number of nitrogen functional groups attached to an aromatic ring is 1. The van der Waals surface area contributed by atoms with Crippen molar-refractivity contribution in [1.82, 2.24) is 0 Å². The van der Waals surface area contributed by atoms with Crippen molar-refractivity contribution in [2.24, 2.45) is 0 Å². The highest BCUT2D eigenvalue weighted by Gasteiger charge is 2.06. The topological polar surface area (TPSA) is 35.2 Å². The molecular formula is C10H11NOS2. The van der Waals surface area contributed by atoms with Crippen molar-refractivity contribution in [2.75, 3.05) is 12.3 Å². The summed E-state index contributed by atoms with van der Waals surface area (Å²) >= 11 is 5.98. The third-order valence-corrected chi connectivity index (χ3v) is 3.43. The lowest BCUT2D eigenvalue weighted by Crippen LogP contribution is -1.93. The molecule has 1 aromatic heterocycles. The Kier molecular flexibility index (Phi) is 2.56. The van der Waals surface area contributed by atoms with Crippen LogP contribution in [0.15, 0.2) is 22.4 Å². The predicted molar refractivity (Wildman–Crippen MR) is 64.7 cm³/mol. The molecule has 74 valence electrons. The van der Waals surface area contributed by atoms with Gasteiger partial charge in [-0.2, -0.15) is 0 Å². The van der Waals surface area contributed by atoms with Crippen LogP contribution < -0.4 is 10.5 Å². The minimum atomic E-state index is 0.657. The van der Waals surface area contributed by atoms with Crippen LogP contribution in [0.1, 0.15) is 6.92 Å². The molecule has 0 spiro atoms. The van der Waals surface area contributed by atoms with Crippen LogP contribution in [0.25, 0.3) is 10.1 Å². The quantitative estimate of drug-likeness (QED) is 0.608. The van der Waals surface area contributed by atoms with E-state index in [1.807, 2.05) is 24.4 Å². The highest BCUT2D eigenvalue weighted by Crippen LogP contribution is 2.36. The van der Waals surface area contributed by atoms with Crippen LogP contribution in [0.5, 0.6) is 5.75 Å². The minimum absolute atomic E-state index is 0.657. The molecule has 0 saturated carbocycles. The van der Waals surface area contributed by atoms with E-state index in [2.05, 4.69) is 12.6 Å². The maximum atomic E-state index is 5.91. The summed E-state index contributed by atoms with van der Waals surface area (Å²) in [4.78, 5) is 0.936. The number of anilines is 1. The second-order valence-corrected chi connectivity index (χ2v) is 4.33. The van der Waals surface area contributed by atoms with Gasteiger partial charge in [0.25, 0.3) is 0 Å². The monoisotopic (exact) mass is 225 g/mol. The fourth-order valence-corrected chi connectivity index (χ4v) is 2.78. The smallest absolute Gasteiger partial charge is 0.122 e. The summed E-state index contributed by atoms with van der Waals surface area (Å²) in [6, 6.07) is 3.85. The van der Waals surface area contributed by atoms with Crippen LogP contribution in [0.4, 0.5) is 5.69 Å². The Morgan fingerprint density at radius 2 is 2.29 bits per heavy atom. The van der Waals surface area contributed by atoms with E-state index in [1.54, 1.807) is 11.3 Å². The van der Waals surface area contributed by atoms with E-state index in [4.69, 9.17) is 10.5 Å². The molecule has 2 nitrogen and oxygen atoms in total. The fourth-order valence-electron chi connectivity index (χ4n) is 1.41. The van der Waals surface area contributed by atoms with E-state index in [-0.39, 0.29) is 0 Å². The number of thiol groups is 1. The molecule has 0 bridgehead atoms. The number of rotatable bonds is 2. The van der Waals surface area contributed by atoms with Gasteiger partial charge in [-0.15, -0.1) is 24.0 Å². The van der Waals surface area contributed by atoms with Crippen LogP contribution in [0.3, 0.4) is 0 Å². The van der Waals surface area contributed by atoms with Gasteiger partial charge >= 0.3 is 0 Å². The third-order valence-electron chi connectivity index (χ3n) is 1.97. The van der Waals surface area contributed by atoms with Gasteiger partial charge in [-0.1, -0.05) is 0 Å². The standard InChI is InChI=1S/C10H11NOS2/c1-2-12-6-3-7(11)10-8(13)5-14-9(10)4-6/h3-5,13H,2,11H2,1H3. The van der Waals surface area contributed by atoms with Gasteiger partial charge in [-0.05, 0) is 13.0 Å². The summed E-state index contributed by atoms with van der Waals surface area (Å²) in [5.74, 6) is 0.827. The third kappa shape index (κ3) is 1.55. The lowest BCUT2D eigenvalue weighted by molar-refractivity contribution is 0.341. The first-order valence-electron chi connectivity index (χ1n) is 4.35. The lowest BCUT2D eigenvalue weighted by atomic mass is 10.2. The number of benzene rings is 1. The molecule has 4 heteroatoms. The molecule has 2 rings (SSSR count). The van der Waals surface area contributed by atoms with Crippen molar-refractivity contribution in [3.63, 3.8) is 0 Å². The summed E-state index contributed by atoms with van der Waals surface area (Å²) in [5.41, 5.74) is 6.64. The van der Waals surface area contributed by atoms with Gasteiger partial charge in [0.15, 0.2) is 0 Å². The molecule has 0 aliphatic carbocycles. The SMILES string of the molecule is CCOc1cc(N)c2c(S)csc2c1. The van der Waals surface area contributed by atoms with E-state index in [1.165, 1.54) is 0 Å². The fraction of sp³-hybridized carbons (Fsp3) is 0.200. The molecular weight excluding hydrogens is 214 g/mol. The van der Waals surface area contributed by atoms with Gasteiger partial charge in [0, 0.05) is 32.1 Å². The molecule has 0 aliphatic rings. The Balaban J connectivity index is 2.62. The summed E-state index contributed by atoms with van der Waals surface area (Å²) < 4.78 is 6.53. The number of hydrogen-bond donors (Lipinski definition) is 2. The molecule has 0 fully saturated rings. The first-order chi connectivity index (χ1) is 6.72. The number of ether oxygens (including phenoxy) is 1. The van der Waals surface area contributed by atoms with Crippen molar-refractivity contribution in [2.45, 2.75) is 11.8 Å². The summed E-state index contributed by atoms with van der Waals surface area (Å²) in [6.45, 7) is 2.61. The van der Waals surface area contributed by atoms with E-state index in [0.717, 1.165) is 26.4 Å². The first-order valence-corrected chi connectivity index (χ1v) is 5.67. The summed E-state index contributed by atoms with van der Waals surface area (Å²) in [5, 5.41) is 3.02. The minimum Gasteiger partial charge on any atom is -0.494 e. The lowest BCUT2D eigenvalue weighted by Gasteiger charge is -2.05. The molecule has 0 unspecified atom stereocenters. The molecule has 0 amide bonds. The zero-order valence-corrected chi connectivity index (χ0v) is 9.49. The van der Waals surface area contributed by atoms with Crippen LogP contribution in [0, 0.1) is 0 Å². The Bertz CT molecular complexity index is 464. The van der Waals surface area contributed by atoms with E-state index < -0.39 is 0 Å². The predicted octanol–water partition coefficient (Wildman–Crippen LogP) is 3.17. The van der Waals surface area contributed by atoms with E-state index >= 15 is 0 Å². The zero-order chi connectivity index (χ0) is 10.1. The van der Waals surface area contributed by atoms with Crippen LogP contribution in [0.2, 0.25) is 0 Å². The average Bonchev–Trinajstić information content (AvgIpc) is 2.48. The number of thiophene rings is 1. The molecule has 0 atom stereocenters. The molecule has 0 saturated heterocycles. The summed E-state index contributed by atoms with van der Waals surface area (Å²) in [6.07, 6.45) is 0. The van der Waals surface area contributed by atoms with E-state index in [9.17, 15) is 0 Å². The number of hydrogen-bond acceptors (Lipinski definition) is 4. The molecule has 2 aromatic rings.